The lowest BCUT2D eigenvalue weighted by molar-refractivity contribution is -0.885. The van der Waals surface area contributed by atoms with Gasteiger partial charge in [-0.05, 0) is 17.7 Å². The number of quaternary nitrogens is 1. The van der Waals surface area contributed by atoms with Gasteiger partial charge in [-0.25, -0.2) is 9.99 Å². The summed E-state index contributed by atoms with van der Waals surface area (Å²) in [5.74, 6) is 0.0644. The van der Waals surface area contributed by atoms with Gasteiger partial charge in [-0.3, -0.25) is 4.79 Å². The average molecular weight is 365 g/mol. The Morgan fingerprint density at radius 2 is 1.92 bits per heavy atom. The van der Waals surface area contributed by atoms with Gasteiger partial charge in [-0.2, -0.15) is 5.10 Å². The van der Waals surface area contributed by atoms with Crippen molar-refractivity contribution in [3.05, 3.63) is 65.2 Å². The molecule has 1 aliphatic rings. The molecule has 1 atom stereocenters. The van der Waals surface area contributed by atoms with Crippen LogP contribution in [0.4, 0.5) is 0 Å². The Hall–Kier alpha value is -2.57. The number of nitrogens with zero attached hydrogens (tertiary/aromatic N) is 3. The average Bonchev–Trinajstić information content (AvgIpc) is 3.29. The summed E-state index contributed by atoms with van der Waals surface area (Å²) in [5.41, 5.74) is 3.11. The number of carbonyl (C=O) groups is 1. The quantitative estimate of drug-likeness (QED) is 0.751. The van der Waals surface area contributed by atoms with Crippen molar-refractivity contribution >= 4 is 33.2 Å². The Labute approximate surface area is 156 Å². The van der Waals surface area contributed by atoms with Gasteiger partial charge in [0.05, 0.1) is 29.5 Å². The van der Waals surface area contributed by atoms with Crippen molar-refractivity contribution in [2.24, 2.45) is 5.10 Å². The van der Waals surface area contributed by atoms with Gasteiger partial charge >= 0.3 is 0 Å². The van der Waals surface area contributed by atoms with Crippen molar-refractivity contribution in [3.63, 3.8) is 0 Å². The molecule has 1 aliphatic heterocycles. The summed E-state index contributed by atoms with van der Waals surface area (Å²) >= 11 is 1.70. The Balaban J connectivity index is 1.37. The number of hydrazone groups is 1. The van der Waals surface area contributed by atoms with Gasteiger partial charge in [-0.15, -0.1) is 11.3 Å². The molecule has 26 heavy (non-hydrogen) atoms. The standard InChI is InChI=1S/C20H20N4OS/c1-23(13-19-21-17-9-5-6-10-18(17)26-19)14-20(25)24-12-11-16(22-24)15-7-3-2-4-8-15/h2-10H,11-14H2,1H3/p+1. The fourth-order valence-corrected chi connectivity index (χ4v) is 4.22. The largest absolute Gasteiger partial charge is 0.324 e. The number of rotatable bonds is 5. The third-order valence-electron chi connectivity index (χ3n) is 4.44. The van der Waals surface area contributed by atoms with Crippen LogP contribution in [0.1, 0.15) is 17.0 Å². The maximum atomic E-state index is 12.6. The second-order valence-electron chi connectivity index (χ2n) is 6.57. The second kappa shape index (κ2) is 7.35. The minimum Gasteiger partial charge on any atom is -0.324 e. The lowest BCUT2D eigenvalue weighted by Gasteiger charge is -2.15. The van der Waals surface area contributed by atoms with Crippen LogP contribution in [0.3, 0.4) is 0 Å². The number of benzene rings is 2. The number of para-hydroxylation sites is 1. The number of hydrogen-bond acceptors (Lipinski definition) is 4. The van der Waals surface area contributed by atoms with Crippen molar-refractivity contribution in [1.29, 1.82) is 0 Å². The molecular weight excluding hydrogens is 344 g/mol. The fourth-order valence-electron chi connectivity index (χ4n) is 3.14. The lowest BCUT2D eigenvalue weighted by Crippen LogP contribution is -3.08. The minimum absolute atomic E-state index is 0.0644. The summed E-state index contributed by atoms with van der Waals surface area (Å²) in [6.07, 6.45) is 0.812. The molecule has 0 bridgehead atoms. The van der Waals surface area contributed by atoms with E-state index in [1.807, 2.05) is 55.6 Å². The van der Waals surface area contributed by atoms with Gasteiger partial charge in [0.25, 0.3) is 5.91 Å². The first-order chi connectivity index (χ1) is 12.7. The zero-order chi connectivity index (χ0) is 17.9. The minimum atomic E-state index is 0.0644. The van der Waals surface area contributed by atoms with E-state index in [-0.39, 0.29) is 5.91 Å². The van der Waals surface area contributed by atoms with E-state index in [0.717, 1.165) is 39.7 Å². The molecule has 132 valence electrons. The van der Waals surface area contributed by atoms with Crippen LogP contribution in [-0.4, -0.2) is 41.7 Å². The lowest BCUT2D eigenvalue weighted by atomic mass is 10.1. The van der Waals surface area contributed by atoms with Crippen LogP contribution in [0.2, 0.25) is 0 Å². The molecule has 0 fully saturated rings. The molecule has 1 amide bonds. The number of nitrogens with one attached hydrogen (secondary N) is 1. The molecule has 0 aliphatic carbocycles. The van der Waals surface area contributed by atoms with E-state index in [9.17, 15) is 4.79 Å². The van der Waals surface area contributed by atoms with E-state index in [1.165, 1.54) is 4.70 Å². The maximum Gasteiger partial charge on any atom is 0.297 e. The predicted molar refractivity (Wildman–Crippen MR) is 104 cm³/mol. The van der Waals surface area contributed by atoms with Crippen LogP contribution in [0.5, 0.6) is 0 Å². The molecular formula is C20H21N4OS+. The van der Waals surface area contributed by atoms with Gasteiger partial charge in [0, 0.05) is 6.42 Å². The summed E-state index contributed by atoms with van der Waals surface area (Å²) in [7, 11) is 2.03. The van der Waals surface area contributed by atoms with Gasteiger partial charge in [0.15, 0.2) is 6.54 Å². The van der Waals surface area contributed by atoms with E-state index < -0.39 is 0 Å². The third-order valence-corrected chi connectivity index (χ3v) is 5.48. The van der Waals surface area contributed by atoms with Gasteiger partial charge < -0.3 is 4.90 Å². The van der Waals surface area contributed by atoms with E-state index >= 15 is 0 Å². The highest BCUT2D eigenvalue weighted by molar-refractivity contribution is 7.18. The fraction of sp³-hybridized carbons (Fsp3) is 0.250. The first kappa shape index (κ1) is 16.9. The Morgan fingerprint density at radius 1 is 1.15 bits per heavy atom. The SMILES string of the molecule is C[NH+](CC(=O)N1CCC(c2ccccc2)=N1)Cc1nc2ccccc2s1. The van der Waals surface area contributed by atoms with Crippen LogP contribution in [0, 0.1) is 0 Å². The van der Waals surface area contributed by atoms with Crippen LogP contribution >= 0.6 is 11.3 Å². The van der Waals surface area contributed by atoms with Gasteiger partial charge in [-0.1, -0.05) is 42.5 Å². The highest BCUT2D eigenvalue weighted by Crippen LogP contribution is 2.20. The molecule has 6 heteroatoms. The number of fused-ring (bicyclic) bond motifs is 1. The number of carbonyl (C=O) groups excluding carboxylic acids is 1. The maximum absolute atomic E-state index is 12.6. The molecule has 4 rings (SSSR count). The highest BCUT2D eigenvalue weighted by atomic mass is 32.1. The first-order valence-corrected chi connectivity index (χ1v) is 9.60. The number of aromatic nitrogens is 1. The van der Waals surface area contributed by atoms with E-state index in [1.54, 1.807) is 16.3 Å². The topological polar surface area (TPSA) is 50.0 Å². The molecule has 3 aromatic rings. The molecule has 5 nitrogen and oxygen atoms in total. The first-order valence-electron chi connectivity index (χ1n) is 8.78. The number of thiazole rings is 1. The van der Waals surface area contributed by atoms with Crippen LogP contribution in [0.15, 0.2) is 59.7 Å². The van der Waals surface area contributed by atoms with Gasteiger partial charge in [0.1, 0.15) is 11.6 Å². The molecule has 0 spiro atoms. The summed E-state index contributed by atoms with van der Waals surface area (Å²) in [4.78, 5) is 18.4. The third kappa shape index (κ3) is 3.66. The predicted octanol–water partition coefficient (Wildman–Crippen LogP) is 1.95. The van der Waals surface area contributed by atoms with E-state index in [0.29, 0.717) is 13.1 Å². The molecule has 0 saturated carbocycles. The number of hydrogen-bond donors (Lipinski definition) is 1. The number of likely N-dealkylation sites (N-methyl/N-ethyl adjacent to an activating group) is 1. The summed E-state index contributed by atoms with van der Waals surface area (Å²) in [6.45, 7) is 1.83. The van der Waals surface area contributed by atoms with E-state index in [4.69, 9.17) is 0 Å². The molecule has 0 saturated heterocycles. The number of amides is 1. The molecule has 2 aromatic carbocycles. The zero-order valence-corrected chi connectivity index (χ0v) is 15.5. The van der Waals surface area contributed by atoms with Crippen LogP contribution in [0.25, 0.3) is 10.2 Å². The molecule has 2 heterocycles. The van der Waals surface area contributed by atoms with Crippen molar-refractivity contribution in [1.82, 2.24) is 9.99 Å². The molecule has 1 aromatic heterocycles. The summed E-state index contributed by atoms with van der Waals surface area (Å²) in [6, 6.07) is 18.2. The Morgan fingerprint density at radius 3 is 2.73 bits per heavy atom. The van der Waals surface area contributed by atoms with Crippen molar-refractivity contribution in [3.8, 4) is 0 Å². The second-order valence-corrected chi connectivity index (χ2v) is 7.68. The monoisotopic (exact) mass is 365 g/mol. The summed E-state index contributed by atoms with van der Waals surface area (Å²) < 4.78 is 1.19. The van der Waals surface area contributed by atoms with Crippen LogP contribution < -0.4 is 4.90 Å². The normalized spacial score (nSPS) is 15.3. The van der Waals surface area contributed by atoms with Crippen LogP contribution in [-0.2, 0) is 11.3 Å². The Kier molecular flexibility index (Phi) is 4.77. The van der Waals surface area contributed by atoms with Crippen molar-refractivity contribution in [2.45, 2.75) is 13.0 Å². The molecule has 1 N–H and O–H groups in total. The molecule has 0 radical (unpaired) electrons. The molecule has 1 unspecified atom stereocenters. The van der Waals surface area contributed by atoms with Crippen molar-refractivity contribution < 1.29 is 9.69 Å². The van der Waals surface area contributed by atoms with E-state index in [2.05, 4.69) is 16.2 Å². The summed E-state index contributed by atoms with van der Waals surface area (Å²) in [5, 5.41) is 7.20. The Bertz CT molecular complexity index is 918. The van der Waals surface area contributed by atoms with Gasteiger partial charge in [0.2, 0.25) is 0 Å². The van der Waals surface area contributed by atoms with Crippen molar-refractivity contribution in [2.75, 3.05) is 20.1 Å². The zero-order valence-electron chi connectivity index (χ0n) is 14.7. The highest BCUT2D eigenvalue weighted by Gasteiger charge is 2.24. The smallest absolute Gasteiger partial charge is 0.297 e.